The number of ether oxygens (including phenoxy) is 1. The fourth-order valence-corrected chi connectivity index (χ4v) is 7.61. The number of hydrogen-bond acceptors (Lipinski definition) is 8. The molecule has 42 heavy (non-hydrogen) atoms. The Bertz CT molecular complexity index is 1260. The number of nitrogens with zero attached hydrogens (tertiary/aromatic N) is 5. The van der Waals surface area contributed by atoms with E-state index in [1.54, 1.807) is 16.8 Å². The molecular formula is C29H55N5O5Si3. The van der Waals surface area contributed by atoms with Gasteiger partial charge in [-0.2, -0.15) is 10.1 Å². The van der Waals surface area contributed by atoms with E-state index >= 15 is 0 Å². The van der Waals surface area contributed by atoms with E-state index in [9.17, 15) is 9.59 Å². The quantitative estimate of drug-likeness (QED) is 0.310. The molecule has 1 fully saturated rings. The first-order valence-corrected chi connectivity index (χ1v) is 23.8. The molecule has 3 heterocycles. The van der Waals surface area contributed by atoms with Crippen LogP contribution in [0.5, 0.6) is 0 Å². The van der Waals surface area contributed by atoms with Crippen LogP contribution in [-0.2, 0) is 13.6 Å². The molecule has 0 bridgehead atoms. The van der Waals surface area contributed by atoms with E-state index in [1.807, 2.05) is 13.1 Å². The fourth-order valence-electron chi connectivity index (χ4n) is 4.50. The number of aromatic nitrogens is 5. The Balaban J connectivity index is 2.13. The average molecular weight is 638 g/mol. The third-order valence-electron chi connectivity index (χ3n) is 10.3. The Kier molecular flexibility index (Phi) is 9.82. The molecule has 3 rings (SSSR count). The van der Waals surface area contributed by atoms with E-state index in [0.717, 1.165) is 0 Å². The summed E-state index contributed by atoms with van der Waals surface area (Å²) in [6.45, 7) is 30.9. The van der Waals surface area contributed by atoms with Crippen LogP contribution in [0.25, 0.3) is 5.82 Å². The molecule has 0 aliphatic carbocycles. The van der Waals surface area contributed by atoms with Gasteiger partial charge in [-0.05, 0) is 66.9 Å². The Morgan fingerprint density at radius 1 is 0.976 bits per heavy atom. The summed E-state index contributed by atoms with van der Waals surface area (Å²) in [5.74, 6) is 0.178. The van der Waals surface area contributed by atoms with Crippen LogP contribution in [0.4, 0.5) is 0 Å². The zero-order valence-corrected chi connectivity index (χ0v) is 31.3. The van der Waals surface area contributed by atoms with E-state index in [1.165, 1.54) is 17.3 Å². The largest absolute Gasteiger partial charge is 0.432 e. The molecule has 1 unspecified atom stereocenters. The van der Waals surface area contributed by atoms with E-state index in [-0.39, 0.29) is 33.2 Å². The molecule has 0 spiro atoms. The molecule has 0 aromatic carbocycles. The van der Waals surface area contributed by atoms with Gasteiger partial charge < -0.3 is 18.4 Å². The van der Waals surface area contributed by atoms with E-state index in [4.69, 9.17) is 13.6 Å². The van der Waals surface area contributed by atoms with Crippen molar-refractivity contribution in [1.82, 2.24) is 24.3 Å². The number of hydrogen-bond donors (Lipinski definition) is 1. The molecule has 0 amide bonds. The van der Waals surface area contributed by atoms with Gasteiger partial charge in [0.2, 0.25) is 0 Å². The first-order chi connectivity index (χ1) is 18.9. The van der Waals surface area contributed by atoms with Crippen molar-refractivity contribution in [2.75, 3.05) is 6.61 Å². The molecule has 13 heteroatoms. The van der Waals surface area contributed by atoms with Crippen LogP contribution in [-0.4, -0.2) is 72.9 Å². The summed E-state index contributed by atoms with van der Waals surface area (Å²) in [7, 11) is -6.98. The highest BCUT2D eigenvalue weighted by molar-refractivity contribution is 6.74. The molecule has 10 nitrogen and oxygen atoms in total. The first-order valence-electron chi connectivity index (χ1n) is 15.0. The summed E-state index contributed by atoms with van der Waals surface area (Å²) in [6.07, 6.45) is 3.92. The van der Waals surface area contributed by atoms with Gasteiger partial charge in [0, 0.05) is 12.1 Å². The van der Waals surface area contributed by atoms with Gasteiger partial charge in [-0.3, -0.25) is 4.57 Å². The van der Waals surface area contributed by atoms with Crippen LogP contribution >= 0.6 is 0 Å². The molecule has 0 radical (unpaired) electrons. The van der Waals surface area contributed by atoms with E-state index < -0.39 is 36.9 Å². The van der Waals surface area contributed by atoms with Gasteiger partial charge in [0.15, 0.2) is 30.8 Å². The second-order valence-electron chi connectivity index (χ2n) is 16.1. The average Bonchev–Trinajstić information content (AvgIpc) is 3.45. The number of rotatable bonds is 10. The molecule has 0 saturated carbocycles. The molecule has 2 aromatic rings. The standard InChI is InChI=1S/C29H55N5O5Si3/c1-27(2,3)41(11,12)37-18-22-24(39-42(13,14)28(4,5)6)21(17-29(7,8)40(9,10)36)25(38-22)33-16-15-23(32-26(33)35)34-20-30-19-31-34/h15-16,19-22,24-25,36H,17-18H2,1-14H3/t21-,22+,24?,25+/m0/s1. The van der Waals surface area contributed by atoms with Crippen molar-refractivity contribution < 1.29 is 18.4 Å². The first kappa shape index (κ1) is 35.0. The minimum Gasteiger partial charge on any atom is -0.432 e. The van der Waals surface area contributed by atoms with Crippen LogP contribution in [0.2, 0.25) is 54.4 Å². The topological polar surface area (TPSA) is 114 Å². The summed E-state index contributed by atoms with van der Waals surface area (Å²) in [4.78, 5) is 33.2. The summed E-state index contributed by atoms with van der Waals surface area (Å²) >= 11 is 0. The van der Waals surface area contributed by atoms with Crippen molar-refractivity contribution in [1.29, 1.82) is 0 Å². The van der Waals surface area contributed by atoms with Crippen LogP contribution in [0.1, 0.15) is 68.0 Å². The lowest BCUT2D eigenvalue weighted by Crippen LogP contribution is -2.51. The molecule has 1 aliphatic heterocycles. The van der Waals surface area contributed by atoms with Gasteiger partial charge in [0.05, 0.1) is 12.7 Å². The minimum atomic E-state index is -2.61. The van der Waals surface area contributed by atoms with Crippen molar-refractivity contribution in [2.24, 2.45) is 5.92 Å². The molecule has 1 saturated heterocycles. The Labute approximate surface area is 255 Å². The van der Waals surface area contributed by atoms with Crippen molar-refractivity contribution in [3.05, 3.63) is 35.4 Å². The molecule has 2 aromatic heterocycles. The van der Waals surface area contributed by atoms with Crippen molar-refractivity contribution in [2.45, 2.75) is 135 Å². The second-order valence-corrected chi connectivity index (χ2v) is 30.1. The van der Waals surface area contributed by atoms with Crippen LogP contribution in [0, 0.1) is 5.92 Å². The predicted molar refractivity (Wildman–Crippen MR) is 174 cm³/mol. The molecule has 4 atom stereocenters. The van der Waals surface area contributed by atoms with Gasteiger partial charge in [-0.25, -0.2) is 14.5 Å². The zero-order chi connectivity index (χ0) is 32.1. The SMILES string of the molecule is CC(C)(C[C@H]1C(O[Si](C)(C)C(C)(C)C)[C@@H](CO[Si](C)(C)C(C)(C)C)O[C@H]1n1ccc(-n2cncn2)nc1=O)[Si](C)(C)O. The maximum atomic E-state index is 13.5. The fraction of sp³-hybridized carbons (Fsp3) is 0.793. The minimum absolute atomic E-state index is 0.0289. The highest BCUT2D eigenvalue weighted by Crippen LogP contribution is 2.51. The van der Waals surface area contributed by atoms with Gasteiger partial charge in [0.25, 0.3) is 0 Å². The van der Waals surface area contributed by atoms with E-state index in [2.05, 4.69) is 96.6 Å². The van der Waals surface area contributed by atoms with Crippen molar-refractivity contribution >= 4 is 25.0 Å². The van der Waals surface area contributed by atoms with Crippen LogP contribution in [0.15, 0.2) is 29.7 Å². The summed E-state index contributed by atoms with van der Waals surface area (Å²) in [5, 5.41) is 3.74. The van der Waals surface area contributed by atoms with Crippen LogP contribution < -0.4 is 5.69 Å². The highest BCUT2D eigenvalue weighted by Gasteiger charge is 2.54. The Hall–Kier alpha value is -1.49. The van der Waals surface area contributed by atoms with Gasteiger partial charge in [-0.1, -0.05) is 55.4 Å². The lowest BCUT2D eigenvalue weighted by Gasteiger charge is -2.44. The predicted octanol–water partition coefficient (Wildman–Crippen LogP) is 6.12. The summed E-state index contributed by atoms with van der Waals surface area (Å²) in [5.41, 5.74) is -0.437. The van der Waals surface area contributed by atoms with Crippen molar-refractivity contribution in [3.8, 4) is 5.82 Å². The molecular weight excluding hydrogens is 583 g/mol. The monoisotopic (exact) mass is 637 g/mol. The lowest BCUT2D eigenvalue weighted by molar-refractivity contribution is -0.0447. The summed E-state index contributed by atoms with van der Waals surface area (Å²) in [6, 6.07) is 1.75. The van der Waals surface area contributed by atoms with Gasteiger partial charge in [0.1, 0.15) is 25.0 Å². The smallest absolute Gasteiger partial charge is 0.351 e. The highest BCUT2D eigenvalue weighted by atomic mass is 28.4. The molecule has 238 valence electrons. The Morgan fingerprint density at radius 2 is 1.57 bits per heavy atom. The summed E-state index contributed by atoms with van der Waals surface area (Å²) < 4.78 is 23.8. The Morgan fingerprint density at radius 3 is 2.05 bits per heavy atom. The van der Waals surface area contributed by atoms with E-state index in [0.29, 0.717) is 18.8 Å². The molecule has 1 aliphatic rings. The normalized spacial score (nSPS) is 23.0. The van der Waals surface area contributed by atoms with Crippen LogP contribution in [0.3, 0.4) is 0 Å². The lowest BCUT2D eigenvalue weighted by atomic mass is 9.89. The van der Waals surface area contributed by atoms with Gasteiger partial charge >= 0.3 is 5.69 Å². The third-order valence-corrected chi connectivity index (χ3v) is 22.8. The third kappa shape index (κ3) is 7.41. The van der Waals surface area contributed by atoms with Gasteiger partial charge in [-0.15, -0.1) is 0 Å². The van der Waals surface area contributed by atoms with Crippen molar-refractivity contribution in [3.63, 3.8) is 0 Å². The second kappa shape index (κ2) is 11.8. The zero-order valence-electron chi connectivity index (χ0n) is 28.3. The maximum Gasteiger partial charge on any atom is 0.351 e. The molecule has 1 N–H and O–H groups in total. The maximum absolute atomic E-state index is 13.5.